The predicted molar refractivity (Wildman–Crippen MR) is 127 cm³/mol. The topological polar surface area (TPSA) is 68.2 Å². The number of carbonyl (C=O) groups is 2. The molecule has 0 fully saturated rings. The number of hydrogen-bond donors (Lipinski definition) is 1. The first kappa shape index (κ1) is 22.1. The SMILES string of the molecule is CCc1ccc(C(=O)c2cn(CC(=O)Nc3ccc(F)cc3)c3ccc(C)cc3c2=O)cc1. The van der Waals surface area contributed by atoms with Crippen molar-refractivity contribution in [3.05, 3.63) is 111 Å². The standard InChI is InChI=1S/C27H23FN2O3/c1-3-18-5-7-19(8-6-18)26(32)23-15-30(24-13-4-17(2)14-22(24)27(23)33)16-25(31)29-21-11-9-20(28)10-12-21/h4-15H,3,16H2,1-2H3,(H,29,31). The van der Waals surface area contributed by atoms with Crippen molar-refractivity contribution in [2.75, 3.05) is 5.32 Å². The number of aromatic nitrogens is 1. The summed E-state index contributed by atoms with van der Waals surface area (Å²) in [7, 11) is 0. The van der Waals surface area contributed by atoms with Gasteiger partial charge in [0.15, 0.2) is 5.78 Å². The summed E-state index contributed by atoms with van der Waals surface area (Å²) >= 11 is 0. The van der Waals surface area contributed by atoms with Crippen LogP contribution in [0.5, 0.6) is 0 Å². The van der Waals surface area contributed by atoms with E-state index in [4.69, 9.17) is 0 Å². The Bertz CT molecular complexity index is 1400. The first-order valence-corrected chi connectivity index (χ1v) is 10.7. The van der Waals surface area contributed by atoms with Crippen LogP contribution in [0.4, 0.5) is 10.1 Å². The van der Waals surface area contributed by atoms with Crippen LogP contribution in [-0.2, 0) is 17.8 Å². The molecule has 0 spiro atoms. The second-order valence-electron chi connectivity index (χ2n) is 7.96. The summed E-state index contributed by atoms with van der Waals surface area (Å²) in [6, 6.07) is 18.0. The van der Waals surface area contributed by atoms with Gasteiger partial charge in [-0.1, -0.05) is 42.8 Å². The van der Waals surface area contributed by atoms with Crippen LogP contribution in [0.1, 0.15) is 34.0 Å². The smallest absolute Gasteiger partial charge is 0.244 e. The third-order valence-electron chi connectivity index (χ3n) is 5.55. The molecule has 3 aromatic carbocycles. The number of halogens is 1. The Hall–Kier alpha value is -4.06. The van der Waals surface area contributed by atoms with E-state index in [2.05, 4.69) is 5.32 Å². The molecule has 1 heterocycles. The van der Waals surface area contributed by atoms with Gasteiger partial charge < -0.3 is 9.88 Å². The van der Waals surface area contributed by atoms with Crippen molar-refractivity contribution in [1.29, 1.82) is 0 Å². The number of nitrogens with zero attached hydrogens (tertiary/aromatic N) is 1. The summed E-state index contributed by atoms with van der Waals surface area (Å²) in [6.45, 7) is 3.77. The van der Waals surface area contributed by atoms with Crippen molar-refractivity contribution in [3.63, 3.8) is 0 Å². The van der Waals surface area contributed by atoms with Gasteiger partial charge in [-0.05, 0) is 55.3 Å². The minimum Gasteiger partial charge on any atom is -0.337 e. The molecule has 4 aromatic rings. The third-order valence-corrected chi connectivity index (χ3v) is 5.55. The van der Waals surface area contributed by atoms with Gasteiger partial charge in [-0.25, -0.2) is 4.39 Å². The molecular formula is C27H23FN2O3. The van der Waals surface area contributed by atoms with E-state index in [9.17, 15) is 18.8 Å². The number of anilines is 1. The van der Waals surface area contributed by atoms with Crippen LogP contribution in [0.2, 0.25) is 0 Å². The van der Waals surface area contributed by atoms with Crippen LogP contribution in [-0.4, -0.2) is 16.3 Å². The molecule has 0 saturated carbocycles. The fraction of sp³-hybridized carbons (Fsp3) is 0.148. The lowest BCUT2D eigenvalue weighted by Gasteiger charge is -2.14. The van der Waals surface area contributed by atoms with Crippen molar-refractivity contribution in [2.45, 2.75) is 26.8 Å². The second-order valence-corrected chi connectivity index (χ2v) is 7.96. The van der Waals surface area contributed by atoms with Crippen LogP contribution >= 0.6 is 0 Å². The molecule has 33 heavy (non-hydrogen) atoms. The molecule has 1 N–H and O–H groups in total. The molecule has 1 amide bonds. The Morgan fingerprint density at radius 3 is 2.33 bits per heavy atom. The van der Waals surface area contributed by atoms with Gasteiger partial charge in [0.2, 0.25) is 11.3 Å². The van der Waals surface area contributed by atoms with Crippen LogP contribution in [0.25, 0.3) is 10.9 Å². The van der Waals surface area contributed by atoms with Crippen LogP contribution < -0.4 is 10.7 Å². The van der Waals surface area contributed by atoms with Gasteiger partial charge in [0.25, 0.3) is 0 Å². The Balaban J connectivity index is 1.74. The van der Waals surface area contributed by atoms with Crippen LogP contribution in [0.3, 0.4) is 0 Å². The van der Waals surface area contributed by atoms with E-state index >= 15 is 0 Å². The van der Waals surface area contributed by atoms with E-state index in [0.717, 1.165) is 17.5 Å². The molecule has 0 aliphatic rings. The second kappa shape index (κ2) is 9.20. The van der Waals surface area contributed by atoms with Gasteiger partial charge in [0, 0.05) is 22.8 Å². The number of hydrogen-bond acceptors (Lipinski definition) is 3. The highest BCUT2D eigenvalue weighted by atomic mass is 19.1. The van der Waals surface area contributed by atoms with Crippen molar-refractivity contribution >= 4 is 28.3 Å². The number of benzene rings is 3. The lowest BCUT2D eigenvalue weighted by atomic mass is 10.00. The maximum Gasteiger partial charge on any atom is 0.244 e. The molecule has 5 nitrogen and oxygen atoms in total. The lowest BCUT2D eigenvalue weighted by molar-refractivity contribution is -0.116. The van der Waals surface area contributed by atoms with Gasteiger partial charge in [-0.15, -0.1) is 0 Å². The highest BCUT2D eigenvalue weighted by Gasteiger charge is 2.18. The number of ketones is 1. The Morgan fingerprint density at radius 2 is 1.67 bits per heavy atom. The van der Waals surface area contributed by atoms with Gasteiger partial charge in [0.1, 0.15) is 12.4 Å². The van der Waals surface area contributed by atoms with Crippen molar-refractivity contribution < 1.29 is 14.0 Å². The summed E-state index contributed by atoms with van der Waals surface area (Å²) in [5, 5.41) is 3.09. The fourth-order valence-electron chi connectivity index (χ4n) is 3.74. The number of pyridine rings is 1. The molecule has 6 heteroatoms. The normalized spacial score (nSPS) is 10.9. The number of nitrogens with one attached hydrogen (secondary N) is 1. The Labute approximate surface area is 190 Å². The van der Waals surface area contributed by atoms with E-state index in [1.54, 1.807) is 28.8 Å². The van der Waals surface area contributed by atoms with Gasteiger partial charge in [-0.3, -0.25) is 14.4 Å². The van der Waals surface area contributed by atoms with Gasteiger partial charge in [0.05, 0.1) is 11.1 Å². The number of aryl methyl sites for hydroxylation is 2. The highest BCUT2D eigenvalue weighted by molar-refractivity contribution is 6.10. The molecule has 0 unspecified atom stereocenters. The maximum atomic E-state index is 13.2. The van der Waals surface area contributed by atoms with E-state index in [1.807, 2.05) is 32.0 Å². The van der Waals surface area contributed by atoms with Crippen molar-refractivity contribution in [1.82, 2.24) is 4.57 Å². The average Bonchev–Trinajstić information content (AvgIpc) is 2.82. The molecule has 4 rings (SSSR count). The predicted octanol–water partition coefficient (Wildman–Crippen LogP) is 4.88. The molecule has 0 atom stereocenters. The largest absolute Gasteiger partial charge is 0.337 e. The summed E-state index contributed by atoms with van der Waals surface area (Å²) in [5.74, 6) is -1.15. The molecule has 1 aromatic heterocycles. The summed E-state index contributed by atoms with van der Waals surface area (Å²) in [5.41, 5.74) is 3.03. The number of rotatable bonds is 6. The molecule has 0 bridgehead atoms. The number of carbonyl (C=O) groups excluding carboxylic acids is 2. The van der Waals surface area contributed by atoms with Crippen LogP contribution in [0.15, 0.2) is 77.7 Å². The van der Waals surface area contributed by atoms with Crippen LogP contribution in [0, 0.1) is 12.7 Å². The molecule has 166 valence electrons. The van der Waals surface area contributed by atoms with Crippen molar-refractivity contribution in [3.8, 4) is 0 Å². The molecule has 0 saturated heterocycles. The molecule has 0 aliphatic carbocycles. The average molecular weight is 442 g/mol. The maximum absolute atomic E-state index is 13.2. The first-order valence-electron chi connectivity index (χ1n) is 10.7. The summed E-state index contributed by atoms with van der Waals surface area (Å²) < 4.78 is 14.7. The van der Waals surface area contributed by atoms with E-state index in [0.29, 0.717) is 22.2 Å². The zero-order valence-corrected chi connectivity index (χ0v) is 18.4. The minimum atomic E-state index is -0.398. The first-order chi connectivity index (χ1) is 15.9. The molecule has 0 radical (unpaired) electrons. The summed E-state index contributed by atoms with van der Waals surface area (Å²) in [4.78, 5) is 39.1. The Kier molecular flexibility index (Phi) is 6.18. The van der Waals surface area contributed by atoms with E-state index in [1.165, 1.54) is 30.5 Å². The van der Waals surface area contributed by atoms with Gasteiger partial charge >= 0.3 is 0 Å². The van der Waals surface area contributed by atoms with E-state index in [-0.39, 0.29) is 23.4 Å². The molecular weight excluding hydrogens is 419 g/mol. The minimum absolute atomic E-state index is 0.00642. The zero-order chi connectivity index (χ0) is 23.5. The monoisotopic (exact) mass is 442 g/mol. The van der Waals surface area contributed by atoms with Crippen molar-refractivity contribution in [2.24, 2.45) is 0 Å². The van der Waals surface area contributed by atoms with E-state index < -0.39 is 11.6 Å². The van der Waals surface area contributed by atoms with Gasteiger partial charge in [-0.2, -0.15) is 0 Å². The highest BCUT2D eigenvalue weighted by Crippen LogP contribution is 2.17. The number of amides is 1. The molecule has 0 aliphatic heterocycles. The quantitative estimate of drug-likeness (QED) is 0.433. The summed E-state index contributed by atoms with van der Waals surface area (Å²) in [6.07, 6.45) is 2.29. The fourth-order valence-corrected chi connectivity index (χ4v) is 3.74. The number of fused-ring (bicyclic) bond motifs is 1. The zero-order valence-electron chi connectivity index (χ0n) is 18.4. The Morgan fingerprint density at radius 1 is 0.970 bits per heavy atom. The lowest BCUT2D eigenvalue weighted by Crippen LogP contribution is -2.24. The third kappa shape index (κ3) is 4.75.